The van der Waals surface area contributed by atoms with Gasteiger partial charge in [-0.2, -0.15) is 0 Å². The largest absolute Gasteiger partial charge is 0.409 e. The van der Waals surface area contributed by atoms with Gasteiger partial charge in [-0.25, -0.2) is 0 Å². The summed E-state index contributed by atoms with van der Waals surface area (Å²) in [6.45, 7) is 8.88. The zero-order valence-corrected chi connectivity index (χ0v) is 12.8. The molecule has 4 N–H and O–H groups in total. The summed E-state index contributed by atoms with van der Waals surface area (Å²) in [6, 6.07) is 6.75. The third kappa shape index (κ3) is 5.07. The first kappa shape index (κ1) is 17.0. The molecule has 0 aliphatic carbocycles. The molecule has 0 heterocycles. The fraction of sp³-hybridized carbons (Fsp3) is 0.467. The number of nitrogens with one attached hydrogen (secondary N) is 1. The summed E-state index contributed by atoms with van der Waals surface area (Å²) < 4.78 is 0. The highest BCUT2D eigenvalue weighted by atomic mass is 16.4. The van der Waals surface area contributed by atoms with E-state index in [-0.39, 0.29) is 17.8 Å². The van der Waals surface area contributed by atoms with Crippen molar-refractivity contribution >= 4 is 11.7 Å². The van der Waals surface area contributed by atoms with Crippen molar-refractivity contribution < 1.29 is 10.0 Å². The van der Waals surface area contributed by atoms with Crippen molar-refractivity contribution in [1.29, 1.82) is 0 Å². The van der Waals surface area contributed by atoms with Crippen LogP contribution in [0.5, 0.6) is 0 Å². The SMILES string of the molecule is CCN(CC)CC(C)NC(=O)c1cccc(C(N)=NO)c1. The van der Waals surface area contributed by atoms with E-state index in [0.717, 1.165) is 19.6 Å². The number of nitrogens with zero attached hydrogens (tertiary/aromatic N) is 2. The molecule has 0 bridgehead atoms. The molecule has 0 aliphatic heterocycles. The van der Waals surface area contributed by atoms with Gasteiger partial charge in [0.2, 0.25) is 0 Å². The fourth-order valence-corrected chi connectivity index (χ4v) is 2.10. The van der Waals surface area contributed by atoms with E-state index in [0.29, 0.717) is 11.1 Å². The summed E-state index contributed by atoms with van der Waals surface area (Å²) in [5, 5.41) is 14.6. The van der Waals surface area contributed by atoms with Crippen LogP contribution >= 0.6 is 0 Å². The van der Waals surface area contributed by atoms with Crippen LogP contribution < -0.4 is 11.1 Å². The van der Waals surface area contributed by atoms with Crippen LogP contribution in [0.4, 0.5) is 0 Å². The summed E-state index contributed by atoms with van der Waals surface area (Å²) in [5.74, 6) is -0.178. The van der Waals surface area contributed by atoms with E-state index in [1.807, 2.05) is 6.92 Å². The second-order valence-corrected chi connectivity index (χ2v) is 4.93. The van der Waals surface area contributed by atoms with Gasteiger partial charge >= 0.3 is 0 Å². The molecular formula is C15H24N4O2. The number of likely N-dealkylation sites (N-methyl/N-ethyl adjacent to an activating group) is 1. The molecule has 0 saturated heterocycles. The Balaban J connectivity index is 2.71. The molecule has 6 nitrogen and oxygen atoms in total. The maximum atomic E-state index is 12.2. The minimum atomic E-state index is -0.165. The average molecular weight is 292 g/mol. The molecule has 1 rings (SSSR count). The van der Waals surface area contributed by atoms with Gasteiger partial charge in [0.1, 0.15) is 0 Å². The molecule has 6 heteroatoms. The summed E-state index contributed by atoms with van der Waals surface area (Å²) in [4.78, 5) is 14.5. The van der Waals surface area contributed by atoms with Crippen molar-refractivity contribution in [2.24, 2.45) is 10.9 Å². The minimum Gasteiger partial charge on any atom is -0.409 e. The predicted molar refractivity (Wildman–Crippen MR) is 83.7 cm³/mol. The normalized spacial score (nSPS) is 13.2. The van der Waals surface area contributed by atoms with Gasteiger partial charge in [-0.05, 0) is 32.1 Å². The van der Waals surface area contributed by atoms with Crippen molar-refractivity contribution in [3.63, 3.8) is 0 Å². The van der Waals surface area contributed by atoms with Crippen molar-refractivity contribution in [3.8, 4) is 0 Å². The van der Waals surface area contributed by atoms with E-state index in [1.165, 1.54) is 0 Å². The Morgan fingerprint density at radius 2 is 2.00 bits per heavy atom. The molecule has 1 aromatic carbocycles. The third-order valence-electron chi connectivity index (χ3n) is 3.33. The molecule has 1 unspecified atom stereocenters. The van der Waals surface area contributed by atoms with Gasteiger partial charge < -0.3 is 21.2 Å². The van der Waals surface area contributed by atoms with Gasteiger partial charge in [-0.15, -0.1) is 0 Å². The summed E-state index contributed by atoms with van der Waals surface area (Å²) in [6.07, 6.45) is 0. The second-order valence-electron chi connectivity index (χ2n) is 4.93. The molecule has 0 radical (unpaired) electrons. The summed E-state index contributed by atoms with van der Waals surface area (Å²) >= 11 is 0. The Labute approximate surface area is 125 Å². The molecule has 1 atom stereocenters. The third-order valence-corrected chi connectivity index (χ3v) is 3.33. The fourth-order valence-electron chi connectivity index (χ4n) is 2.10. The van der Waals surface area contributed by atoms with Crippen molar-refractivity contribution in [1.82, 2.24) is 10.2 Å². The van der Waals surface area contributed by atoms with Gasteiger partial charge in [0.05, 0.1) is 0 Å². The average Bonchev–Trinajstić information content (AvgIpc) is 2.51. The van der Waals surface area contributed by atoms with E-state index in [9.17, 15) is 4.79 Å². The molecule has 1 aromatic rings. The Hall–Kier alpha value is -2.08. The van der Waals surface area contributed by atoms with Gasteiger partial charge in [0, 0.05) is 23.7 Å². The number of carbonyl (C=O) groups is 1. The maximum absolute atomic E-state index is 12.2. The van der Waals surface area contributed by atoms with Crippen molar-refractivity contribution in [2.75, 3.05) is 19.6 Å². The molecule has 0 fully saturated rings. The smallest absolute Gasteiger partial charge is 0.251 e. The number of benzene rings is 1. The monoisotopic (exact) mass is 292 g/mol. The van der Waals surface area contributed by atoms with E-state index in [4.69, 9.17) is 10.9 Å². The lowest BCUT2D eigenvalue weighted by molar-refractivity contribution is 0.0930. The Bertz CT molecular complexity index is 498. The first-order valence-corrected chi connectivity index (χ1v) is 7.12. The zero-order valence-electron chi connectivity index (χ0n) is 12.8. The van der Waals surface area contributed by atoms with Gasteiger partial charge in [0.25, 0.3) is 5.91 Å². The van der Waals surface area contributed by atoms with Crippen LogP contribution in [0, 0.1) is 0 Å². The van der Waals surface area contributed by atoms with Crippen molar-refractivity contribution in [2.45, 2.75) is 26.8 Å². The van der Waals surface area contributed by atoms with Gasteiger partial charge in [-0.1, -0.05) is 31.1 Å². The lowest BCUT2D eigenvalue weighted by Crippen LogP contribution is -2.42. The highest BCUT2D eigenvalue weighted by Gasteiger charge is 2.13. The molecular weight excluding hydrogens is 268 g/mol. The van der Waals surface area contributed by atoms with Crippen LogP contribution in [-0.4, -0.2) is 47.5 Å². The lowest BCUT2D eigenvalue weighted by atomic mass is 10.1. The number of nitrogens with two attached hydrogens (primary N) is 1. The molecule has 21 heavy (non-hydrogen) atoms. The van der Waals surface area contributed by atoms with E-state index in [1.54, 1.807) is 24.3 Å². The number of hydrogen-bond donors (Lipinski definition) is 3. The van der Waals surface area contributed by atoms with Crippen LogP contribution in [0.15, 0.2) is 29.4 Å². The molecule has 0 spiro atoms. The maximum Gasteiger partial charge on any atom is 0.251 e. The molecule has 0 saturated carbocycles. The predicted octanol–water partition coefficient (Wildman–Crippen LogP) is 1.24. The number of hydrogen-bond acceptors (Lipinski definition) is 4. The number of amides is 1. The van der Waals surface area contributed by atoms with Gasteiger partial charge in [0.15, 0.2) is 5.84 Å². The van der Waals surface area contributed by atoms with Crippen LogP contribution in [0.1, 0.15) is 36.7 Å². The minimum absolute atomic E-state index is 0.0131. The van der Waals surface area contributed by atoms with Crippen LogP contribution in [0.3, 0.4) is 0 Å². The topological polar surface area (TPSA) is 91.0 Å². The highest BCUT2D eigenvalue weighted by molar-refractivity contribution is 6.01. The highest BCUT2D eigenvalue weighted by Crippen LogP contribution is 2.06. The van der Waals surface area contributed by atoms with Crippen LogP contribution in [0.25, 0.3) is 0 Å². The van der Waals surface area contributed by atoms with Crippen molar-refractivity contribution in [3.05, 3.63) is 35.4 Å². The molecule has 0 aliphatic rings. The number of amidine groups is 1. The zero-order chi connectivity index (χ0) is 15.8. The van der Waals surface area contributed by atoms with Gasteiger partial charge in [-0.3, -0.25) is 4.79 Å². The Morgan fingerprint density at radius 1 is 1.38 bits per heavy atom. The van der Waals surface area contributed by atoms with E-state index in [2.05, 4.69) is 29.2 Å². The Kier molecular flexibility index (Phi) is 6.68. The van der Waals surface area contributed by atoms with Crippen LogP contribution in [0.2, 0.25) is 0 Å². The second kappa shape index (κ2) is 8.26. The number of carbonyl (C=O) groups excluding carboxylic acids is 1. The molecule has 1 amide bonds. The molecule has 116 valence electrons. The number of rotatable bonds is 7. The van der Waals surface area contributed by atoms with E-state index >= 15 is 0 Å². The lowest BCUT2D eigenvalue weighted by Gasteiger charge is -2.23. The quantitative estimate of drug-likeness (QED) is 0.305. The summed E-state index contributed by atoms with van der Waals surface area (Å²) in [5.41, 5.74) is 6.53. The Morgan fingerprint density at radius 3 is 2.57 bits per heavy atom. The number of oxime groups is 1. The standard InChI is InChI=1S/C15H24N4O2/c1-4-19(5-2)10-11(3)17-15(20)13-8-6-7-12(9-13)14(16)18-21/h6-9,11,21H,4-5,10H2,1-3H3,(H2,16,18)(H,17,20). The first-order chi connectivity index (χ1) is 10.0. The first-order valence-electron chi connectivity index (χ1n) is 7.12. The van der Waals surface area contributed by atoms with Crippen LogP contribution in [-0.2, 0) is 0 Å². The van der Waals surface area contributed by atoms with E-state index < -0.39 is 0 Å². The summed E-state index contributed by atoms with van der Waals surface area (Å²) in [7, 11) is 0. The molecule has 0 aromatic heterocycles.